The summed E-state index contributed by atoms with van der Waals surface area (Å²) in [5.74, 6) is 0. The van der Waals surface area contributed by atoms with Gasteiger partial charge in [-0.15, -0.1) is 0 Å². The van der Waals surface area contributed by atoms with E-state index in [2.05, 4.69) is 85.0 Å². The van der Waals surface area contributed by atoms with Crippen molar-refractivity contribution in [2.75, 3.05) is 0 Å². The maximum Gasteiger partial charge on any atom is -1.00 e. The van der Waals surface area contributed by atoms with E-state index in [0.29, 0.717) is 0 Å². The predicted octanol–water partition coefficient (Wildman–Crippen LogP) is -0.181. The molecule has 0 radical (unpaired) electrons. The second kappa shape index (κ2) is 9.53. The third-order valence-corrected chi connectivity index (χ3v) is 8.15. The van der Waals surface area contributed by atoms with Crippen molar-refractivity contribution < 1.29 is 48.0 Å². The van der Waals surface area contributed by atoms with Crippen LogP contribution in [-0.2, 0) is 23.2 Å². The number of rotatable bonds is 4. The molecule has 0 saturated heterocycles. The Morgan fingerprint density at radius 1 is 0.560 bits per heavy atom. The molecule has 0 heterocycles. The Bertz CT molecular complexity index is 759. The minimum atomic E-state index is -0.712. The number of benzene rings is 2. The van der Waals surface area contributed by atoms with Gasteiger partial charge in [0.2, 0.25) is 0 Å². The van der Waals surface area contributed by atoms with Crippen LogP contribution in [0.3, 0.4) is 0 Å². The second-order valence-corrected chi connectivity index (χ2v) is 9.44. The van der Waals surface area contributed by atoms with Crippen LogP contribution in [0.15, 0.2) is 91.5 Å². The van der Waals surface area contributed by atoms with Crippen LogP contribution in [0.25, 0.3) is 11.1 Å². The molecule has 2 aliphatic carbocycles. The van der Waals surface area contributed by atoms with Gasteiger partial charge in [-0.05, 0) is 0 Å². The zero-order chi connectivity index (χ0) is 15.5. The molecule has 0 nitrogen and oxygen atoms in total. The maximum atomic E-state index is 2.34. The van der Waals surface area contributed by atoms with Gasteiger partial charge in [0.05, 0.1) is 0 Å². The first-order valence-electron chi connectivity index (χ1n) is 8.09. The Balaban J connectivity index is 0.00000113. The second-order valence-electron chi connectivity index (χ2n) is 5.85. The third kappa shape index (κ3) is 4.53. The summed E-state index contributed by atoms with van der Waals surface area (Å²) in [7, 11) is 0. The van der Waals surface area contributed by atoms with Gasteiger partial charge < -0.3 is 24.8 Å². The Labute approximate surface area is 173 Å². The molecule has 3 heteroatoms. The Morgan fingerprint density at radius 2 is 0.960 bits per heavy atom. The van der Waals surface area contributed by atoms with Crippen molar-refractivity contribution >= 4 is 11.1 Å². The summed E-state index contributed by atoms with van der Waals surface area (Å²) in [6.45, 7) is 0. The normalized spacial score (nSPS) is 15.0. The minimum Gasteiger partial charge on any atom is -1.00 e. The molecule has 0 aliphatic heterocycles. The van der Waals surface area contributed by atoms with Crippen LogP contribution in [0.2, 0.25) is 0 Å². The van der Waals surface area contributed by atoms with Crippen molar-refractivity contribution in [3.05, 3.63) is 103 Å². The molecule has 0 N–H and O–H groups in total. The SMILES string of the molecule is C1=CC(c2ccccc2)=[C]([Zr+2][C]2=C(c3ccccc3)C=CC2)C1.[Cl-].[Cl-]. The van der Waals surface area contributed by atoms with E-state index in [0.717, 1.165) is 12.8 Å². The molecule has 0 fully saturated rings. The van der Waals surface area contributed by atoms with Crippen molar-refractivity contribution in [1.82, 2.24) is 0 Å². The number of hydrogen-bond donors (Lipinski definition) is 0. The van der Waals surface area contributed by atoms with Crippen LogP contribution < -0.4 is 24.8 Å². The van der Waals surface area contributed by atoms with Gasteiger partial charge >= 0.3 is 150 Å². The Hall–Kier alpha value is -1.14. The Kier molecular flexibility index (Phi) is 7.69. The van der Waals surface area contributed by atoms with Crippen LogP contribution in [0, 0.1) is 0 Å². The van der Waals surface area contributed by atoms with E-state index in [1.807, 2.05) is 0 Å². The molecule has 2 aliphatic rings. The van der Waals surface area contributed by atoms with Crippen LogP contribution in [-0.4, -0.2) is 0 Å². The molecule has 0 unspecified atom stereocenters. The van der Waals surface area contributed by atoms with E-state index < -0.39 is 23.2 Å². The molecule has 0 spiro atoms. The van der Waals surface area contributed by atoms with E-state index >= 15 is 0 Å². The summed E-state index contributed by atoms with van der Waals surface area (Å²) in [5, 5.41) is 0. The first-order chi connectivity index (χ1) is 11.4. The van der Waals surface area contributed by atoms with Gasteiger partial charge in [0, 0.05) is 0 Å². The molecule has 0 saturated carbocycles. The van der Waals surface area contributed by atoms with Crippen molar-refractivity contribution in [2.24, 2.45) is 0 Å². The van der Waals surface area contributed by atoms with Gasteiger partial charge in [-0.1, -0.05) is 0 Å². The molecular weight excluding hydrogens is 426 g/mol. The smallest absolute Gasteiger partial charge is 1.00 e. The Morgan fingerprint density at radius 3 is 1.36 bits per heavy atom. The van der Waals surface area contributed by atoms with Gasteiger partial charge in [0.15, 0.2) is 0 Å². The van der Waals surface area contributed by atoms with Crippen molar-refractivity contribution in [3.63, 3.8) is 0 Å². The summed E-state index contributed by atoms with van der Waals surface area (Å²) in [6, 6.07) is 21.7. The van der Waals surface area contributed by atoms with Crippen molar-refractivity contribution in [1.29, 1.82) is 0 Å². The molecular formula is C22H18Cl2Zr. The fourth-order valence-electron chi connectivity index (χ4n) is 3.21. The van der Waals surface area contributed by atoms with E-state index in [1.54, 1.807) is 6.56 Å². The molecule has 0 bridgehead atoms. The van der Waals surface area contributed by atoms with E-state index in [-0.39, 0.29) is 24.8 Å². The van der Waals surface area contributed by atoms with Gasteiger partial charge in [0.1, 0.15) is 0 Å². The predicted molar refractivity (Wildman–Crippen MR) is 94.2 cm³/mol. The van der Waals surface area contributed by atoms with Crippen molar-refractivity contribution in [2.45, 2.75) is 12.8 Å². The average Bonchev–Trinajstić information content (AvgIpc) is 3.26. The number of allylic oxidation sites excluding steroid dienone is 8. The molecule has 0 amide bonds. The molecule has 0 atom stereocenters. The van der Waals surface area contributed by atoms with Crippen molar-refractivity contribution in [3.8, 4) is 0 Å². The van der Waals surface area contributed by atoms with Crippen LogP contribution in [0.4, 0.5) is 0 Å². The van der Waals surface area contributed by atoms with Gasteiger partial charge in [-0.3, -0.25) is 0 Å². The van der Waals surface area contributed by atoms with Gasteiger partial charge in [-0.25, -0.2) is 0 Å². The molecule has 4 rings (SSSR count). The zero-order valence-electron chi connectivity index (χ0n) is 13.8. The molecule has 25 heavy (non-hydrogen) atoms. The fourth-order valence-corrected chi connectivity index (χ4v) is 6.96. The van der Waals surface area contributed by atoms with Crippen LogP contribution in [0.1, 0.15) is 24.0 Å². The first-order valence-corrected chi connectivity index (χ1v) is 10.5. The van der Waals surface area contributed by atoms with Crippen LogP contribution >= 0.6 is 0 Å². The maximum absolute atomic E-state index is 2.34. The fraction of sp³-hybridized carbons (Fsp3) is 0.0909. The largest absolute Gasteiger partial charge is 1.00 e. The van der Waals surface area contributed by atoms with Crippen LogP contribution in [0.5, 0.6) is 0 Å². The summed E-state index contributed by atoms with van der Waals surface area (Å²) in [5.41, 5.74) is 5.74. The topological polar surface area (TPSA) is 0 Å². The van der Waals surface area contributed by atoms with E-state index in [9.17, 15) is 0 Å². The monoisotopic (exact) mass is 442 g/mol. The zero-order valence-corrected chi connectivity index (χ0v) is 17.7. The molecule has 124 valence electrons. The third-order valence-electron chi connectivity index (χ3n) is 4.33. The standard InChI is InChI=1S/2C11H9.2ClH.Zr/c2*1-2-6-10(7-3-1)11-8-4-5-9-11;;;/h2*1-4,6-8H,5H2;2*1H;/q;;;;+2/p-2. The van der Waals surface area contributed by atoms with E-state index in [4.69, 9.17) is 0 Å². The van der Waals surface area contributed by atoms with Gasteiger partial charge in [0.25, 0.3) is 0 Å². The van der Waals surface area contributed by atoms with Gasteiger partial charge in [-0.2, -0.15) is 0 Å². The quantitative estimate of drug-likeness (QED) is 0.614. The summed E-state index contributed by atoms with van der Waals surface area (Å²) < 4.78 is 3.43. The summed E-state index contributed by atoms with van der Waals surface area (Å²) in [4.78, 5) is 0. The molecule has 2 aromatic carbocycles. The first kappa shape index (κ1) is 20.2. The minimum absolute atomic E-state index is 0. The molecule has 2 aromatic rings. The van der Waals surface area contributed by atoms with E-state index in [1.165, 1.54) is 22.3 Å². The summed E-state index contributed by atoms with van der Waals surface area (Å²) in [6.07, 6.45) is 11.6. The number of hydrogen-bond acceptors (Lipinski definition) is 0. The molecule has 0 aromatic heterocycles. The number of halogens is 2. The summed E-state index contributed by atoms with van der Waals surface area (Å²) >= 11 is -0.712. The average molecular weight is 445 g/mol.